The predicted octanol–water partition coefficient (Wildman–Crippen LogP) is 4.83. The molecule has 0 aromatic heterocycles. The summed E-state index contributed by atoms with van der Waals surface area (Å²) >= 11 is 6.11. The van der Waals surface area contributed by atoms with Crippen molar-refractivity contribution in [2.45, 2.75) is 46.1 Å². The average Bonchev–Trinajstić information content (AvgIpc) is 2.92. The zero-order valence-corrected chi connectivity index (χ0v) is 23.4. The summed E-state index contributed by atoms with van der Waals surface area (Å²) in [5.74, 6) is -1.92. The first kappa shape index (κ1) is 28.8. The highest BCUT2D eigenvalue weighted by Gasteiger charge is 2.35. The van der Waals surface area contributed by atoms with Gasteiger partial charge < -0.3 is 14.9 Å². The number of piperazine rings is 1. The fraction of sp³-hybridized carbons (Fsp3) is 0.400. The van der Waals surface area contributed by atoms with Crippen molar-refractivity contribution >= 4 is 23.5 Å². The summed E-state index contributed by atoms with van der Waals surface area (Å²) in [6.45, 7) is 10.8. The molecule has 2 aromatic carbocycles. The van der Waals surface area contributed by atoms with Gasteiger partial charge in [0.2, 0.25) is 0 Å². The molecule has 2 aliphatic rings. The number of hydrogen-bond acceptors (Lipinski definition) is 5. The van der Waals surface area contributed by atoms with E-state index in [2.05, 4.69) is 40.7 Å². The van der Waals surface area contributed by atoms with Crippen molar-refractivity contribution in [2.24, 2.45) is 0 Å². The van der Waals surface area contributed by atoms with Crippen LogP contribution in [-0.4, -0.2) is 81.5 Å². The highest BCUT2D eigenvalue weighted by Crippen LogP contribution is 2.25. The highest BCUT2D eigenvalue weighted by molar-refractivity contribution is 6.33. The molecular formula is C30H36ClFN4O3. The molecule has 0 radical (unpaired) electrons. The number of hydrogen-bond donors (Lipinski definition) is 1. The summed E-state index contributed by atoms with van der Waals surface area (Å²) in [5.41, 5.74) is 2.43. The fourth-order valence-electron chi connectivity index (χ4n) is 5.18. The number of benzene rings is 2. The van der Waals surface area contributed by atoms with Crippen LogP contribution in [0.5, 0.6) is 0 Å². The van der Waals surface area contributed by atoms with Crippen molar-refractivity contribution in [3.05, 3.63) is 93.9 Å². The minimum absolute atomic E-state index is 0.0940. The van der Waals surface area contributed by atoms with E-state index in [-0.39, 0.29) is 22.8 Å². The molecule has 1 amide bonds. The monoisotopic (exact) mass is 554 g/mol. The summed E-state index contributed by atoms with van der Waals surface area (Å²) < 4.78 is 14.3. The second-order valence-electron chi connectivity index (χ2n) is 10.2. The largest absolute Gasteiger partial charge is 0.478 e. The number of carbonyl (C=O) groups excluding carboxylic acids is 1. The lowest BCUT2D eigenvalue weighted by atomic mass is 10.0. The van der Waals surface area contributed by atoms with Gasteiger partial charge in [-0.25, -0.2) is 9.18 Å². The number of halogens is 2. The number of rotatable bonds is 9. The second kappa shape index (κ2) is 12.8. The molecule has 2 aromatic rings. The number of amides is 1. The summed E-state index contributed by atoms with van der Waals surface area (Å²) in [5, 5.41) is 9.89. The van der Waals surface area contributed by atoms with E-state index >= 15 is 0 Å². The van der Waals surface area contributed by atoms with E-state index in [1.54, 1.807) is 11.0 Å². The Hall–Kier alpha value is -3.20. The van der Waals surface area contributed by atoms with E-state index in [1.165, 1.54) is 18.2 Å². The molecule has 4 rings (SSSR count). The summed E-state index contributed by atoms with van der Waals surface area (Å²) in [6, 6.07) is 12.6. The molecule has 7 nitrogen and oxygen atoms in total. The molecule has 2 heterocycles. The molecule has 39 heavy (non-hydrogen) atoms. The fourth-order valence-corrected chi connectivity index (χ4v) is 5.42. The third-order valence-corrected chi connectivity index (χ3v) is 7.65. The maximum absolute atomic E-state index is 14.3. The molecule has 2 aliphatic heterocycles. The number of allylic oxidation sites excluding steroid dienone is 2. The predicted molar refractivity (Wildman–Crippen MR) is 151 cm³/mol. The molecule has 9 heteroatoms. The smallest absolute Gasteiger partial charge is 0.335 e. The number of carbonyl (C=O) groups is 2. The van der Waals surface area contributed by atoms with E-state index in [4.69, 9.17) is 11.6 Å². The number of nitrogens with zero attached hydrogens (tertiary/aromatic N) is 4. The molecular weight excluding hydrogens is 519 g/mol. The maximum atomic E-state index is 14.3. The Kier molecular flexibility index (Phi) is 9.43. The Balaban J connectivity index is 1.34. The zero-order valence-electron chi connectivity index (χ0n) is 22.7. The van der Waals surface area contributed by atoms with Crippen molar-refractivity contribution < 1.29 is 19.1 Å². The SMILES string of the molecule is CCN(Cc1ccc(CN2CCN(C3C(C(=O)O)=CC=CN3C(C)C)CC2)cc1)C(=O)c1c(F)cccc1Cl. The van der Waals surface area contributed by atoms with Gasteiger partial charge in [0.15, 0.2) is 0 Å². The van der Waals surface area contributed by atoms with Gasteiger partial charge in [-0.05, 0) is 56.2 Å². The molecule has 1 saturated heterocycles. The third kappa shape index (κ3) is 6.69. The summed E-state index contributed by atoms with van der Waals surface area (Å²) in [4.78, 5) is 33.2. The molecule has 1 unspecified atom stereocenters. The topological polar surface area (TPSA) is 67.3 Å². The van der Waals surface area contributed by atoms with Gasteiger partial charge in [-0.15, -0.1) is 0 Å². The first-order chi connectivity index (χ1) is 18.7. The van der Waals surface area contributed by atoms with Gasteiger partial charge in [-0.1, -0.05) is 41.9 Å². The van der Waals surface area contributed by atoms with Crippen molar-refractivity contribution in [1.82, 2.24) is 19.6 Å². The van der Waals surface area contributed by atoms with Crippen LogP contribution in [-0.2, 0) is 17.9 Å². The van der Waals surface area contributed by atoms with E-state index in [9.17, 15) is 19.1 Å². The van der Waals surface area contributed by atoms with Gasteiger partial charge in [0.25, 0.3) is 5.91 Å². The molecule has 0 aliphatic carbocycles. The normalized spacial score (nSPS) is 18.4. The van der Waals surface area contributed by atoms with Crippen LogP contribution in [0.15, 0.2) is 66.4 Å². The first-order valence-corrected chi connectivity index (χ1v) is 13.7. The van der Waals surface area contributed by atoms with Crippen molar-refractivity contribution in [2.75, 3.05) is 32.7 Å². The highest BCUT2D eigenvalue weighted by atomic mass is 35.5. The van der Waals surface area contributed by atoms with Crippen LogP contribution in [0.25, 0.3) is 0 Å². The van der Waals surface area contributed by atoms with Gasteiger partial charge in [0.05, 0.1) is 16.2 Å². The maximum Gasteiger partial charge on any atom is 0.335 e. The van der Waals surface area contributed by atoms with Gasteiger partial charge in [0, 0.05) is 58.1 Å². The van der Waals surface area contributed by atoms with Gasteiger partial charge in [0.1, 0.15) is 12.0 Å². The van der Waals surface area contributed by atoms with Crippen LogP contribution in [0.2, 0.25) is 5.02 Å². The summed E-state index contributed by atoms with van der Waals surface area (Å²) in [7, 11) is 0. The van der Waals surface area contributed by atoms with E-state index < -0.39 is 17.7 Å². The van der Waals surface area contributed by atoms with E-state index in [1.807, 2.05) is 31.3 Å². The second-order valence-corrected chi connectivity index (χ2v) is 10.6. The van der Waals surface area contributed by atoms with Gasteiger partial charge >= 0.3 is 5.97 Å². The van der Waals surface area contributed by atoms with Crippen LogP contribution >= 0.6 is 11.6 Å². The quantitative estimate of drug-likeness (QED) is 0.479. The van der Waals surface area contributed by atoms with E-state index in [0.29, 0.717) is 18.7 Å². The molecule has 208 valence electrons. The average molecular weight is 555 g/mol. The van der Waals surface area contributed by atoms with Crippen LogP contribution in [0.3, 0.4) is 0 Å². The summed E-state index contributed by atoms with van der Waals surface area (Å²) in [6.07, 6.45) is 5.23. The van der Waals surface area contributed by atoms with Crippen LogP contribution in [0, 0.1) is 5.82 Å². The van der Waals surface area contributed by atoms with Crippen LogP contribution < -0.4 is 0 Å². The van der Waals surface area contributed by atoms with E-state index in [0.717, 1.165) is 43.9 Å². The lowest BCUT2D eigenvalue weighted by Gasteiger charge is -2.46. The number of carboxylic acids is 1. The minimum Gasteiger partial charge on any atom is -0.478 e. The molecule has 0 bridgehead atoms. The van der Waals surface area contributed by atoms with Crippen molar-refractivity contribution in [3.63, 3.8) is 0 Å². The van der Waals surface area contributed by atoms with Crippen molar-refractivity contribution in [3.8, 4) is 0 Å². The van der Waals surface area contributed by atoms with Crippen molar-refractivity contribution in [1.29, 1.82) is 0 Å². The van der Waals surface area contributed by atoms with Gasteiger partial charge in [-0.3, -0.25) is 14.6 Å². The van der Waals surface area contributed by atoms with Crippen LogP contribution in [0.4, 0.5) is 4.39 Å². The molecule has 0 spiro atoms. The molecule has 1 fully saturated rings. The standard InChI is InChI=1S/C30H36ClFN4O3/c1-4-34(29(37)27-25(31)8-5-9-26(27)32)20-23-12-10-22(11-13-23)19-33-15-17-35(18-16-33)28-24(30(38)39)7-6-14-36(28)21(2)3/h5-14,21,28H,4,15-20H2,1-3H3,(H,38,39). The Morgan fingerprint density at radius 1 is 1.08 bits per heavy atom. The third-order valence-electron chi connectivity index (χ3n) is 7.34. The Bertz CT molecular complexity index is 1220. The van der Waals surface area contributed by atoms with Gasteiger partial charge in [-0.2, -0.15) is 0 Å². The molecule has 1 N–H and O–H groups in total. The zero-order chi connectivity index (χ0) is 28.1. The molecule has 0 saturated carbocycles. The van der Waals surface area contributed by atoms with Crippen LogP contribution in [0.1, 0.15) is 42.3 Å². The Labute approximate surface area is 234 Å². The number of carboxylic acid groups (broad SMARTS) is 1. The molecule has 1 atom stereocenters. The Morgan fingerprint density at radius 2 is 1.74 bits per heavy atom. The Morgan fingerprint density at radius 3 is 2.33 bits per heavy atom. The lowest BCUT2D eigenvalue weighted by Crippen LogP contribution is -2.57. The lowest BCUT2D eigenvalue weighted by molar-refractivity contribution is -0.134. The number of aliphatic carboxylic acids is 1. The first-order valence-electron chi connectivity index (χ1n) is 13.4. The minimum atomic E-state index is -0.877.